The minimum atomic E-state index is -0.510. The van der Waals surface area contributed by atoms with Gasteiger partial charge in [0.2, 0.25) is 0 Å². The molecule has 98 valence electrons. The first-order valence-corrected chi connectivity index (χ1v) is 6.64. The summed E-state index contributed by atoms with van der Waals surface area (Å²) in [5.41, 5.74) is 4.46. The van der Waals surface area contributed by atoms with E-state index < -0.39 is 6.10 Å². The standard InChI is InChI=1S/C17H18O2/c1-11-7-8-13(12(2)9-11)17(18)15-10-19-16-6-4-3-5-14(15)16/h3-9,15,17-18H,10H2,1-2H3. The van der Waals surface area contributed by atoms with Crippen LogP contribution in [-0.4, -0.2) is 11.7 Å². The molecule has 0 aliphatic carbocycles. The van der Waals surface area contributed by atoms with Crippen molar-refractivity contribution in [2.75, 3.05) is 6.61 Å². The van der Waals surface area contributed by atoms with E-state index in [-0.39, 0.29) is 5.92 Å². The van der Waals surface area contributed by atoms with Gasteiger partial charge in [-0.2, -0.15) is 0 Å². The Bertz CT molecular complexity index is 604. The second-order valence-electron chi connectivity index (χ2n) is 5.26. The van der Waals surface area contributed by atoms with Crippen molar-refractivity contribution < 1.29 is 9.84 Å². The molecule has 0 fully saturated rings. The topological polar surface area (TPSA) is 29.5 Å². The highest BCUT2D eigenvalue weighted by Crippen LogP contribution is 2.41. The number of ether oxygens (including phenoxy) is 1. The number of hydrogen-bond donors (Lipinski definition) is 1. The fraction of sp³-hybridized carbons (Fsp3) is 0.294. The molecule has 1 heterocycles. The Morgan fingerprint density at radius 1 is 1.16 bits per heavy atom. The zero-order valence-electron chi connectivity index (χ0n) is 11.3. The van der Waals surface area contributed by atoms with Crippen molar-refractivity contribution in [3.8, 4) is 5.75 Å². The zero-order valence-corrected chi connectivity index (χ0v) is 11.3. The summed E-state index contributed by atoms with van der Waals surface area (Å²) >= 11 is 0. The van der Waals surface area contributed by atoms with Crippen LogP contribution in [0.1, 0.15) is 34.3 Å². The van der Waals surface area contributed by atoms with Crippen molar-refractivity contribution in [1.29, 1.82) is 0 Å². The summed E-state index contributed by atoms with van der Waals surface area (Å²) in [4.78, 5) is 0. The predicted octanol–water partition coefficient (Wildman–Crippen LogP) is 3.51. The Labute approximate surface area is 113 Å². The average molecular weight is 254 g/mol. The molecule has 1 N–H and O–H groups in total. The molecule has 0 amide bonds. The minimum Gasteiger partial charge on any atom is -0.493 e. The lowest BCUT2D eigenvalue weighted by Crippen LogP contribution is -2.13. The van der Waals surface area contributed by atoms with Crippen LogP contribution in [0.2, 0.25) is 0 Å². The van der Waals surface area contributed by atoms with Crippen molar-refractivity contribution in [2.45, 2.75) is 25.9 Å². The van der Waals surface area contributed by atoms with E-state index in [1.807, 2.05) is 43.3 Å². The molecule has 0 saturated heterocycles. The van der Waals surface area contributed by atoms with Crippen molar-refractivity contribution >= 4 is 0 Å². The highest BCUT2D eigenvalue weighted by atomic mass is 16.5. The largest absolute Gasteiger partial charge is 0.493 e. The molecule has 0 spiro atoms. The number of aryl methyl sites for hydroxylation is 2. The molecule has 2 heteroatoms. The molecule has 2 nitrogen and oxygen atoms in total. The number of benzene rings is 2. The monoisotopic (exact) mass is 254 g/mol. The van der Waals surface area contributed by atoms with E-state index >= 15 is 0 Å². The van der Waals surface area contributed by atoms with Crippen LogP contribution in [0.25, 0.3) is 0 Å². The lowest BCUT2D eigenvalue weighted by atomic mass is 9.88. The predicted molar refractivity (Wildman–Crippen MR) is 75.6 cm³/mol. The molecule has 1 aliphatic heterocycles. The van der Waals surface area contributed by atoms with Crippen molar-refractivity contribution in [2.24, 2.45) is 0 Å². The Morgan fingerprint density at radius 3 is 2.74 bits per heavy atom. The quantitative estimate of drug-likeness (QED) is 0.888. The molecular formula is C17H18O2. The molecule has 0 aromatic heterocycles. The molecule has 0 radical (unpaired) electrons. The minimum absolute atomic E-state index is 0.0256. The van der Waals surface area contributed by atoms with Gasteiger partial charge in [0.15, 0.2) is 0 Å². The fourth-order valence-electron chi connectivity index (χ4n) is 2.82. The van der Waals surface area contributed by atoms with Gasteiger partial charge in [-0.25, -0.2) is 0 Å². The molecule has 2 aromatic rings. The van der Waals surface area contributed by atoms with Crippen LogP contribution in [0.15, 0.2) is 42.5 Å². The zero-order chi connectivity index (χ0) is 13.4. The summed E-state index contributed by atoms with van der Waals surface area (Å²) < 4.78 is 5.66. The van der Waals surface area contributed by atoms with Gasteiger partial charge >= 0.3 is 0 Å². The maximum Gasteiger partial charge on any atom is 0.123 e. The second-order valence-corrected chi connectivity index (χ2v) is 5.26. The molecule has 0 bridgehead atoms. The highest BCUT2D eigenvalue weighted by molar-refractivity contribution is 5.43. The fourth-order valence-corrected chi connectivity index (χ4v) is 2.82. The summed E-state index contributed by atoms with van der Waals surface area (Å²) in [5.74, 6) is 0.925. The van der Waals surface area contributed by atoms with Crippen LogP contribution in [0.5, 0.6) is 5.75 Å². The molecule has 1 aliphatic rings. The number of rotatable bonds is 2. The van der Waals surface area contributed by atoms with Gasteiger partial charge in [0.25, 0.3) is 0 Å². The van der Waals surface area contributed by atoms with Crippen LogP contribution < -0.4 is 4.74 Å². The summed E-state index contributed by atoms with van der Waals surface area (Å²) in [6.07, 6.45) is -0.510. The lowest BCUT2D eigenvalue weighted by Gasteiger charge is -2.20. The molecule has 3 rings (SSSR count). The van der Waals surface area contributed by atoms with Crippen LogP contribution in [0.3, 0.4) is 0 Å². The van der Waals surface area contributed by atoms with Crippen LogP contribution in [-0.2, 0) is 0 Å². The number of hydrogen-bond acceptors (Lipinski definition) is 2. The Kier molecular flexibility index (Phi) is 3.03. The van der Waals surface area contributed by atoms with Gasteiger partial charge in [-0.3, -0.25) is 0 Å². The van der Waals surface area contributed by atoms with Gasteiger partial charge in [0.05, 0.1) is 18.6 Å². The van der Waals surface area contributed by atoms with Gasteiger partial charge in [0, 0.05) is 5.56 Å². The van der Waals surface area contributed by atoms with Gasteiger partial charge in [-0.1, -0.05) is 42.0 Å². The van der Waals surface area contributed by atoms with Gasteiger partial charge in [-0.15, -0.1) is 0 Å². The van der Waals surface area contributed by atoms with E-state index in [1.54, 1.807) is 0 Å². The summed E-state index contributed by atoms with van der Waals surface area (Å²) in [7, 11) is 0. The van der Waals surface area contributed by atoms with Gasteiger partial charge in [0.1, 0.15) is 5.75 Å². The SMILES string of the molecule is Cc1ccc(C(O)C2COc3ccccc32)c(C)c1. The molecule has 19 heavy (non-hydrogen) atoms. The van der Waals surface area contributed by atoms with Crippen LogP contribution in [0.4, 0.5) is 0 Å². The maximum absolute atomic E-state index is 10.7. The number of para-hydroxylation sites is 1. The third-order valence-corrected chi connectivity index (χ3v) is 3.86. The van der Waals surface area contributed by atoms with Crippen LogP contribution in [0, 0.1) is 13.8 Å². The lowest BCUT2D eigenvalue weighted by molar-refractivity contribution is 0.129. The summed E-state index contributed by atoms with van der Waals surface area (Å²) in [5, 5.41) is 10.7. The third kappa shape index (κ3) is 2.13. The first-order valence-electron chi connectivity index (χ1n) is 6.64. The van der Waals surface area contributed by atoms with E-state index in [2.05, 4.69) is 13.0 Å². The highest BCUT2D eigenvalue weighted by Gasteiger charge is 2.31. The molecule has 2 atom stereocenters. The summed E-state index contributed by atoms with van der Waals surface area (Å²) in [6, 6.07) is 14.1. The van der Waals surface area contributed by atoms with Crippen molar-refractivity contribution in [3.05, 3.63) is 64.7 Å². The maximum atomic E-state index is 10.7. The number of fused-ring (bicyclic) bond motifs is 1. The van der Waals surface area contributed by atoms with Gasteiger partial charge in [-0.05, 0) is 31.0 Å². The normalized spacial score (nSPS) is 18.8. The van der Waals surface area contributed by atoms with E-state index in [0.717, 1.165) is 22.4 Å². The van der Waals surface area contributed by atoms with E-state index in [9.17, 15) is 5.11 Å². The molecule has 2 unspecified atom stereocenters. The Balaban J connectivity index is 1.95. The molecule has 0 saturated carbocycles. The van der Waals surface area contributed by atoms with E-state index in [4.69, 9.17) is 4.74 Å². The summed E-state index contributed by atoms with van der Waals surface area (Å²) in [6.45, 7) is 4.66. The Morgan fingerprint density at radius 2 is 1.95 bits per heavy atom. The molecular weight excluding hydrogens is 236 g/mol. The van der Waals surface area contributed by atoms with Crippen molar-refractivity contribution in [3.63, 3.8) is 0 Å². The first kappa shape index (κ1) is 12.2. The molecule has 2 aromatic carbocycles. The van der Waals surface area contributed by atoms with Gasteiger partial charge < -0.3 is 9.84 Å². The van der Waals surface area contributed by atoms with E-state index in [1.165, 1.54) is 5.56 Å². The average Bonchev–Trinajstić information content (AvgIpc) is 2.82. The second kappa shape index (κ2) is 4.71. The van der Waals surface area contributed by atoms with Crippen molar-refractivity contribution in [1.82, 2.24) is 0 Å². The van der Waals surface area contributed by atoms with Crippen LogP contribution >= 0.6 is 0 Å². The Hall–Kier alpha value is -1.80. The number of aliphatic hydroxyl groups is 1. The smallest absolute Gasteiger partial charge is 0.123 e. The number of aliphatic hydroxyl groups excluding tert-OH is 1. The van der Waals surface area contributed by atoms with E-state index in [0.29, 0.717) is 6.61 Å². The first-order chi connectivity index (χ1) is 9.16. The third-order valence-electron chi connectivity index (χ3n) is 3.86.